The van der Waals surface area contributed by atoms with Gasteiger partial charge in [0.2, 0.25) is 6.33 Å². The summed E-state index contributed by atoms with van der Waals surface area (Å²) in [5, 5.41) is 1.01. The molecule has 1 heterocycles. The van der Waals surface area contributed by atoms with Crippen LogP contribution >= 0.6 is 0 Å². The van der Waals surface area contributed by atoms with Crippen molar-refractivity contribution in [3.8, 4) is 5.69 Å². The topological polar surface area (TPSA) is 36.5 Å². The molecule has 6 heteroatoms. The summed E-state index contributed by atoms with van der Waals surface area (Å²) in [6.45, 7) is 14.9. The molecule has 0 radical (unpaired) electrons. The molecule has 3 rings (SSSR count). The molecular weight excluding hydrogens is 404 g/mol. The first-order chi connectivity index (χ1) is 14.9. The number of rotatable bonds is 10. The second kappa shape index (κ2) is 10.4. The summed E-state index contributed by atoms with van der Waals surface area (Å²) in [5.74, 6) is 0. The third-order valence-electron chi connectivity index (χ3n) is 5.26. The van der Waals surface area contributed by atoms with Crippen LogP contribution in [0.1, 0.15) is 43.0 Å². The smallest absolute Gasteiger partial charge is 0.370 e. The average molecular weight is 440 g/mol. The van der Waals surface area contributed by atoms with Crippen molar-refractivity contribution in [2.24, 2.45) is 0 Å². The molecule has 0 spiro atoms. The number of hydrogen-bond acceptors (Lipinski definition) is 3. The minimum absolute atomic E-state index is 0.565. The van der Waals surface area contributed by atoms with Gasteiger partial charge in [-0.3, -0.25) is 0 Å². The van der Waals surface area contributed by atoms with E-state index in [1.807, 2.05) is 20.8 Å². The summed E-state index contributed by atoms with van der Waals surface area (Å²) in [5.41, 5.74) is 6.34. The molecule has 3 aromatic rings. The first-order valence-electron chi connectivity index (χ1n) is 11.1. The number of benzene rings is 2. The van der Waals surface area contributed by atoms with E-state index in [0.29, 0.717) is 19.8 Å². The summed E-state index contributed by atoms with van der Waals surface area (Å²) >= 11 is 0. The number of hydrogen-bond donors (Lipinski definition) is 0. The quantitative estimate of drug-likeness (QED) is 0.354. The highest BCUT2D eigenvalue weighted by Gasteiger charge is 2.43. The Morgan fingerprint density at radius 2 is 1.39 bits per heavy atom. The van der Waals surface area contributed by atoms with Gasteiger partial charge in [-0.05, 0) is 58.2 Å². The summed E-state index contributed by atoms with van der Waals surface area (Å²) in [7, 11) is -2.85. The van der Waals surface area contributed by atoms with Crippen molar-refractivity contribution in [1.29, 1.82) is 0 Å². The lowest BCUT2D eigenvalue weighted by Crippen LogP contribution is -2.56. The lowest BCUT2D eigenvalue weighted by Gasteiger charge is -2.28. The van der Waals surface area contributed by atoms with Crippen LogP contribution < -0.4 is 9.75 Å². The Morgan fingerprint density at radius 3 is 1.90 bits per heavy atom. The van der Waals surface area contributed by atoms with Gasteiger partial charge in [0.05, 0.1) is 0 Å². The van der Waals surface area contributed by atoms with E-state index >= 15 is 0 Å². The molecule has 0 bridgehead atoms. The Morgan fingerprint density at radius 1 is 0.839 bits per heavy atom. The number of aryl methyl sites for hydroxylation is 3. The fourth-order valence-electron chi connectivity index (χ4n) is 4.17. The molecule has 0 amide bonds. The Balaban J connectivity index is 1.81. The Hall–Kier alpha value is -2.25. The lowest BCUT2D eigenvalue weighted by atomic mass is 10.1. The maximum absolute atomic E-state index is 6.02. The molecule has 2 aromatic carbocycles. The number of nitrogens with zero attached hydrogens (tertiary/aromatic N) is 2. The van der Waals surface area contributed by atoms with Gasteiger partial charge < -0.3 is 13.3 Å². The van der Waals surface area contributed by atoms with Crippen LogP contribution in [0, 0.1) is 20.8 Å². The van der Waals surface area contributed by atoms with E-state index in [-0.39, 0.29) is 0 Å². The van der Waals surface area contributed by atoms with Crippen molar-refractivity contribution < 1.29 is 17.8 Å². The zero-order valence-corrected chi connectivity index (χ0v) is 20.6. The predicted octanol–water partition coefficient (Wildman–Crippen LogP) is 3.99. The minimum Gasteiger partial charge on any atom is -0.370 e. The maximum Gasteiger partial charge on any atom is 0.537 e. The van der Waals surface area contributed by atoms with E-state index in [1.165, 1.54) is 27.9 Å². The molecule has 0 fully saturated rings. The van der Waals surface area contributed by atoms with Gasteiger partial charge in [0.25, 0.3) is 0 Å². The van der Waals surface area contributed by atoms with Crippen LogP contribution in [0.15, 0.2) is 55.1 Å². The zero-order chi connectivity index (χ0) is 22.4. The molecule has 1 aromatic heterocycles. The molecule has 0 atom stereocenters. The van der Waals surface area contributed by atoms with Gasteiger partial charge >= 0.3 is 8.80 Å². The van der Waals surface area contributed by atoms with Gasteiger partial charge in [0.15, 0.2) is 0 Å². The van der Waals surface area contributed by atoms with Crippen molar-refractivity contribution in [2.75, 3.05) is 19.8 Å². The van der Waals surface area contributed by atoms with Gasteiger partial charge in [-0.1, -0.05) is 42.0 Å². The molecule has 0 aliphatic rings. The molecule has 0 unspecified atom stereocenters. The van der Waals surface area contributed by atoms with Crippen LogP contribution in [0.2, 0.25) is 0 Å². The molecule has 0 aliphatic heterocycles. The van der Waals surface area contributed by atoms with Gasteiger partial charge in [-0.25, -0.2) is 9.13 Å². The number of imidazole rings is 1. The maximum atomic E-state index is 6.02. The van der Waals surface area contributed by atoms with Crippen LogP contribution in [0.3, 0.4) is 0 Å². The Kier molecular flexibility index (Phi) is 7.83. The Labute approximate surface area is 187 Å². The van der Waals surface area contributed by atoms with Gasteiger partial charge in [-0.15, -0.1) is 0 Å². The Bertz CT molecular complexity index is 958. The van der Waals surface area contributed by atoms with Crippen molar-refractivity contribution >= 4 is 14.0 Å². The summed E-state index contributed by atoms with van der Waals surface area (Å²) in [6.07, 6.45) is 6.39. The molecule has 0 N–H and O–H groups in total. The van der Waals surface area contributed by atoms with Crippen LogP contribution in [0.4, 0.5) is 0 Å². The molecular formula is C25H35N2O3Si+. The molecule has 166 valence electrons. The number of aromatic nitrogens is 2. The highest BCUT2D eigenvalue weighted by atomic mass is 28.4. The van der Waals surface area contributed by atoms with Crippen LogP contribution in [-0.4, -0.2) is 33.2 Å². The normalized spacial score (nSPS) is 11.8. The van der Waals surface area contributed by atoms with Gasteiger partial charge in [0.1, 0.15) is 24.6 Å². The van der Waals surface area contributed by atoms with Gasteiger partial charge in [-0.2, -0.15) is 0 Å². The molecule has 0 aliphatic carbocycles. The van der Waals surface area contributed by atoms with E-state index < -0.39 is 8.80 Å². The van der Waals surface area contributed by atoms with Crippen LogP contribution in [0.5, 0.6) is 0 Å². The fraction of sp³-hybridized carbons (Fsp3) is 0.400. The first-order valence-corrected chi connectivity index (χ1v) is 12.8. The highest BCUT2D eigenvalue weighted by Crippen LogP contribution is 2.20. The lowest BCUT2D eigenvalue weighted by molar-refractivity contribution is -0.687. The molecule has 31 heavy (non-hydrogen) atoms. The van der Waals surface area contributed by atoms with E-state index in [0.717, 1.165) is 11.7 Å². The highest BCUT2D eigenvalue weighted by molar-refractivity contribution is 6.75. The predicted molar refractivity (Wildman–Crippen MR) is 126 cm³/mol. The monoisotopic (exact) mass is 439 g/mol. The largest absolute Gasteiger partial charge is 0.537 e. The average Bonchev–Trinajstić information content (AvgIpc) is 3.16. The van der Waals surface area contributed by atoms with Crippen molar-refractivity contribution in [3.05, 3.63) is 77.4 Å². The van der Waals surface area contributed by atoms with Crippen LogP contribution in [0.25, 0.3) is 5.69 Å². The van der Waals surface area contributed by atoms with Crippen molar-refractivity contribution in [1.82, 2.24) is 4.57 Å². The fourth-order valence-corrected chi connectivity index (χ4v) is 6.63. The van der Waals surface area contributed by atoms with Crippen LogP contribution in [-0.2, 0) is 19.8 Å². The molecule has 0 saturated heterocycles. The van der Waals surface area contributed by atoms with E-state index in [1.54, 1.807) is 0 Å². The third kappa shape index (κ3) is 5.33. The second-order valence-electron chi connectivity index (χ2n) is 7.79. The SMILES string of the molecule is CCO[Si](OCC)(OCC)c1ccc(C[n+]2ccn(-c3c(C)cc(C)cc3C)c2)cc1. The van der Waals surface area contributed by atoms with Crippen molar-refractivity contribution in [2.45, 2.75) is 48.1 Å². The third-order valence-corrected chi connectivity index (χ3v) is 8.31. The summed E-state index contributed by atoms with van der Waals surface area (Å²) in [6, 6.07) is 12.9. The van der Waals surface area contributed by atoms with Crippen molar-refractivity contribution in [3.63, 3.8) is 0 Å². The molecule has 5 nitrogen and oxygen atoms in total. The van der Waals surface area contributed by atoms with E-state index in [2.05, 4.69) is 85.0 Å². The zero-order valence-electron chi connectivity index (χ0n) is 19.6. The van der Waals surface area contributed by atoms with E-state index in [4.69, 9.17) is 13.3 Å². The van der Waals surface area contributed by atoms with E-state index in [9.17, 15) is 0 Å². The molecule has 0 saturated carbocycles. The summed E-state index contributed by atoms with van der Waals surface area (Å²) in [4.78, 5) is 0. The summed E-state index contributed by atoms with van der Waals surface area (Å²) < 4.78 is 22.5. The second-order valence-corrected chi connectivity index (χ2v) is 10.3. The first kappa shape index (κ1) is 23.4. The minimum atomic E-state index is -2.85. The standard InChI is InChI=1S/C25H35N2O3Si/c1-7-28-31(29-8-2,30-9-3)24-12-10-23(11-13-24)18-26-14-15-27(19-26)25-21(5)16-20(4)17-22(25)6/h10-17,19H,7-9,18H2,1-6H3/q+1. The van der Waals surface area contributed by atoms with Gasteiger partial charge in [0, 0.05) is 25.0 Å².